The highest BCUT2D eigenvalue weighted by Crippen LogP contribution is 2.24. The third-order valence-corrected chi connectivity index (χ3v) is 3.40. The van der Waals surface area contributed by atoms with Gasteiger partial charge in [-0.05, 0) is 37.6 Å². The number of aryl methyl sites for hydroxylation is 1. The number of benzene rings is 2. The first-order chi connectivity index (χ1) is 11.0. The summed E-state index contributed by atoms with van der Waals surface area (Å²) in [5.41, 5.74) is 2.18. The van der Waals surface area contributed by atoms with Crippen LogP contribution in [-0.4, -0.2) is 24.4 Å². The lowest BCUT2D eigenvalue weighted by atomic mass is 10.1. The zero-order chi connectivity index (χ0) is 16.8. The van der Waals surface area contributed by atoms with Crippen LogP contribution in [-0.2, 0) is 4.74 Å². The fraction of sp³-hybridized carbons (Fsp3) is 0.278. The van der Waals surface area contributed by atoms with Crippen LogP contribution in [0.4, 0.5) is 14.9 Å². The van der Waals surface area contributed by atoms with Crippen LogP contribution in [0.3, 0.4) is 0 Å². The smallest absolute Gasteiger partial charge is 0.414 e. The molecule has 23 heavy (non-hydrogen) atoms. The number of nitrogens with zero attached hydrogens (tertiary/aromatic N) is 1. The summed E-state index contributed by atoms with van der Waals surface area (Å²) in [5, 5.41) is 9.38. The van der Waals surface area contributed by atoms with Crippen LogP contribution in [0.15, 0.2) is 48.5 Å². The van der Waals surface area contributed by atoms with Gasteiger partial charge in [0.2, 0.25) is 0 Å². The van der Waals surface area contributed by atoms with Crippen molar-refractivity contribution in [2.45, 2.75) is 20.0 Å². The summed E-state index contributed by atoms with van der Waals surface area (Å²) in [6.45, 7) is 4.34. The van der Waals surface area contributed by atoms with Crippen molar-refractivity contribution in [2.24, 2.45) is 0 Å². The molecule has 1 amide bonds. The zero-order valence-corrected chi connectivity index (χ0v) is 13.2. The van der Waals surface area contributed by atoms with Crippen LogP contribution in [0.1, 0.15) is 24.2 Å². The van der Waals surface area contributed by atoms with Crippen molar-refractivity contribution in [1.82, 2.24) is 0 Å². The van der Waals surface area contributed by atoms with E-state index in [1.165, 1.54) is 22.6 Å². The lowest BCUT2D eigenvalue weighted by molar-refractivity contribution is 0.181. The fourth-order valence-corrected chi connectivity index (χ4v) is 2.16. The molecule has 0 spiro atoms. The Morgan fingerprint density at radius 2 is 1.91 bits per heavy atom. The average Bonchev–Trinajstić information content (AvgIpc) is 2.94. The van der Waals surface area contributed by atoms with E-state index in [2.05, 4.69) is 19.1 Å². The monoisotopic (exact) mass is 317 g/mol. The van der Waals surface area contributed by atoms with Gasteiger partial charge in [0.15, 0.2) is 0 Å². The molecule has 0 aromatic heterocycles. The Hall–Kier alpha value is -2.40. The highest BCUT2D eigenvalue weighted by atomic mass is 19.1. The van der Waals surface area contributed by atoms with E-state index in [4.69, 9.17) is 4.74 Å². The van der Waals surface area contributed by atoms with E-state index < -0.39 is 18.0 Å². The molecule has 1 fully saturated rings. The molecule has 1 atom stereocenters. The molecular formula is C18H20FNO3. The Bertz CT molecular complexity index is 659. The van der Waals surface area contributed by atoms with Gasteiger partial charge in [-0.3, -0.25) is 4.90 Å². The highest BCUT2D eigenvalue weighted by molar-refractivity contribution is 5.89. The molecule has 1 N–H and O–H groups in total. The molecule has 3 rings (SSSR count). The summed E-state index contributed by atoms with van der Waals surface area (Å²) in [4.78, 5) is 12.6. The third-order valence-electron chi connectivity index (χ3n) is 3.40. The van der Waals surface area contributed by atoms with E-state index in [0.29, 0.717) is 24.4 Å². The number of halogens is 1. The van der Waals surface area contributed by atoms with Crippen LogP contribution in [0.5, 0.6) is 0 Å². The molecule has 0 radical (unpaired) electrons. The molecule has 1 aliphatic rings. The first-order valence-electron chi connectivity index (χ1n) is 7.42. The summed E-state index contributed by atoms with van der Waals surface area (Å²) in [6.07, 6.45) is -1.25. The second kappa shape index (κ2) is 7.74. The molecule has 122 valence electrons. The zero-order valence-electron chi connectivity index (χ0n) is 13.2. The van der Waals surface area contributed by atoms with E-state index in [9.17, 15) is 14.3 Å². The van der Waals surface area contributed by atoms with Crippen LogP contribution in [0, 0.1) is 12.7 Å². The molecule has 1 saturated heterocycles. The molecule has 5 heteroatoms. The Morgan fingerprint density at radius 3 is 2.39 bits per heavy atom. The molecule has 2 aromatic carbocycles. The quantitative estimate of drug-likeness (QED) is 0.916. The number of amides is 1. The van der Waals surface area contributed by atoms with E-state index in [1.54, 1.807) is 13.0 Å². The van der Waals surface area contributed by atoms with Crippen molar-refractivity contribution < 1.29 is 19.0 Å². The number of hydrogen-bond donors (Lipinski definition) is 1. The van der Waals surface area contributed by atoms with E-state index >= 15 is 0 Å². The molecule has 4 nitrogen and oxygen atoms in total. The van der Waals surface area contributed by atoms with Gasteiger partial charge in [-0.1, -0.05) is 35.9 Å². The number of ether oxygens (including phenoxy) is 1. The van der Waals surface area contributed by atoms with Crippen molar-refractivity contribution in [3.63, 3.8) is 0 Å². The van der Waals surface area contributed by atoms with Crippen molar-refractivity contribution in [3.8, 4) is 0 Å². The summed E-state index contributed by atoms with van der Waals surface area (Å²) < 4.78 is 18.0. The molecule has 0 aliphatic carbocycles. The number of rotatable bonds is 2. The second-order valence-corrected chi connectivity index (χ2v) is 5.34. The van der Waals surface area contributed by atoms with Gasteiger partial charge < -0.3 is 9.84 Å². The predicted molar refractivity (Wildman–Crippen MR) is 86.9 cm³/mol. The maximum Gasteiger partial charge on any atom is 0.414 e. The molecule has 0 bridgehead atoms. The standard InChI is InChI=1S/C11H12FNO3.C7H8/c1-7(14)8-4-9(12)6-10(5-8)13-2-3-16-11(13)15;1-7-5-3-2-4-6-7/h4-7,14H,2-3H2,1H3;2-6H,1H3. The number of hydrogen-bond acceptors (Lipinski definition) is 3. The average molecular weight is 317 g/mol. The summed E-state index contributed by atoms with van der Waals surface area (Å²) in [7, 11) is 0. The molecule has 1 heterocycles. The van der Waals surface area contributed by atoms with Crippen molar-refractivity contribution in [1.29, 1.82) is 0 Å². The van der Waals surface area contributed by atoms with Gasteiger partial charge in [-0.25, -0.2) is 9.18 Å². The number of aliphatic hydroxyl groups is 1. The third kappa shape index (κ3) is 4.79. The van der Waals surface area contributed by atoms with Gasteiger partial charge in [-0.2, -0.15) is 0 Å². The number of anilines is 1. The van der Waals surface area contributed by atoms with Gasteiger partial charge in [0.05, 0.1) is 18.3 Å². The first kappa shape index (κ1) is 17.0. The minimum atomic E-state index is -0.770. The number of cyclic esters (lactones) is 1. The van der Waals surface area contributed by atoms with E-state index in [1.807, 2.05) is 18.2 Å². The predicted octanol–water partition coefficient (Wildman–Crippen LogP) is 3.83. The molecule has 1 aliphatic heterocycles. The summed E-state index contributed by atoms with van der Waals surface area (Å²) >= 11 is 0. The summed E-state index contributed by atoms with van der Waals surface area (Å²) in [5.74, 6) is -0.479. The van der Waals surface area contributed by atoms with Crippen molar-refractivity contribution >= 4 is 11.8 Å². The van der Waals surface area contributed by atoms with Gasteiger partial charge in [0.1, 0.15) is 12.4 Å². The molecule has 2 aromatic rings. The Balaban J connectivity index is 0.000000229. The van der Waals surface area contributed by atoms with Gasteiger partial charge in [-0.15, -0.1) is 0 Å². The summed E-state index contributed by atoms with van der Waals surface area (Å²) in [6, 6.07) is 14.3. The minimum absolute atomic E-state index is 0.305. The molecular weight excluding hydrogens is 297 g/mol. The lowest BCUT2D eigenvalue weighted by Gasteiger charge is -2.15. The number of aliphatic hydroxyl groups excluding tert-OH is 1. The van der Waals surface area contributed by atoms with Crippen LogP contribution < -0.4 is 4.90 Å². The Labute approximate surface area is 135 Å². The Morgan fingerprint density at radius 1 is 1.22 bits per heavy atom. The SMILES string of the molecule is CC(O)c1cc(F)cc(N2CCOC2=O)c1.Cc1ccccc1. The normalized spacial score (nSPS) is 14.8. The van der Waals surface area contributed by atoms with E-state index in [0.717, 1.165) is 0 Å². The fourth-order valence-electron chi connectivity index (χ4n) is 2.16. The van der Waals surface area contributed by atoms with Gasteiger partial charge >= 0.3 is 6.09 Å². The highest BCUT2D eigenvalue weighted by Gasteiger charge is 2.24. The largest absolute Gasteiger partial charge is 0.447 e. The van der Waals surface area contributed by atoms with Crippen LogP contribution >= 0.6 is 0 Å². The number of carbonyl (C=O) groups excluding carboxylic acids is 1. The number of carbonyl (C=O) groups is 1. The molecule has 0 saturated carbocycles. The lowest BCUT2D eigenvalue weighted by Crippen LogP contribution is -2.23. The van der Waals surface area contributed by atoms with Crippen LogP contribution in [0.25, 0.3) is 0 Å². The minimum Gasteiger partial charge on any atom is -0.447 e. The maximum absolute atomic E-state index is 13.3. The second-order valence-electron chi connectivity index (χ2n) is 5.34. The van der Waals surface area contributed by atoms with E-state index in [-0.39, 0.29) is 0 Å². The van der Waals surface area contributed by atoms with Crippen LogP contribution in [0.2, 0.25) is 0 Å². The van der Waals surface area contributed by atoms with Gasteiger partial charge in [0, 0.05) is 0 Å². The van der Waals surface area contributed by atoms with Gasteiger partial charge in [0.25, 0.3) is 0 Å². The van der Waals surface area contributed by atoms with Crippen molar-refractivity contribution in [2.75, 3.05) is 18.1 Å². The topological polar surface area (TPSA) is 49.8 Å². The maximum atomic E-state index is 13.3. The first-order valence-corrected chi connectivity index (χ1v) is 7.42. The Kier molecular flexibility index (Phi) is 5.71. The van der Waals surface area contributed by atoms with Crippen molar-refractivity contribution in [3.05, 3.63) is 65.5 Å². The molecule has 1 unspecified atom stereocenters.